The van der Waals surface area contributed by atoms with Gasteiger partial charge in [0.25, 0.3) is 0 Å². The molecule has 0 aliphatic carbocycles. The Bertz CT molecular complexity index is 912. The van der Waals surface area contributed by atoms with Crippen LogP contribution in [-0.4, -0.2) is 87.9 Å². The van der Waals surface area contributed by atoms with Crippen LogP contribution in [0.25, 0.3) is 0 Å². The molecule has 5 rings (SSSR count). The molecule has 3 aliphatic heterocycles. The second-order valence-electron chi connectivity index (χ2n) is 9.65. The average Bonchev–Trinajstić information content (AvgIpc) is 3.33. The first-order valence-electron chi connectivity index (χ1n) is 11.8. The summed E-state index contributed by atoms with van der Waals surface area (Å²) >= 11 is 0. The molecule has 3 fully saturated rings. The lowest BCUT2D eigenvalue weighted by Crippen LogP contribution is -2.52. The van der Waals surface area contributed by atoms with E-state index in [0.717, 1.165) is 65.2 Å². The fourth-order valence-electron chi connectivity index (χ4n) is 5.87. The summed E-state index contributed by atoms with van der Waals surface area (Å²) in [4.78, 5) is 25.3. The molecule has 0 aromatic carbocycles. The van der Waals surface area contributed by atoms with Crippen molar-refractivity contribution < 1.29 is 9.53 Å². The minimum atomic E-state index is -0.302. The molecule has 2 atom stereocenters. The number of nitrogens with zero attached hydrogens (tertiary/aromatic N) is 6. The van der Waals surface area contributed by atoms with E-state index >= 15 is 0 Å². The Hall–Kier alpha value is -2.29. The number of amides is 1. The van der Waals surface area contributed by atoms with E-state index in [1.54, 1.807) is 0 Å². The zero-order valence-corrected chi connectivity index (χ0v) is 19.0. The summed E-state index contributed by atoms with van der Waals surface area (Å²) in [5.74, 6) is 0.677. The molecule has 0 N–H and O–H groups in total. The van der Waals surface area contributed by atoms with Crippen LogP contribution >= 0.6 is 0 Å². The summed E-state index contributed by atoms with van der Waals surface area (Å²) in [6.45, 7) is 8.27. The lowest BCUT2D eigenvalue weighted by molar-refractivity contribution is -0.148. The fourth-order valence-corrected chi connectivity index (χ4v) is 5.87. The molecule has 1 amide bonds. The Kier molecular flexibility index (Phi) is 6.26. The van der Waals surface area contributed by atoms with Gasteiger partial charge in [0.15, 0.2) is 0 Å². The second-order valence-corrected chi connectivity index (χ2v) is 9.65. The molecule has 3 saturated heterocycles. The Balaban J connectivity index is 1.37. The van der Waals surface area contributed by atoms with Crippen molar-refractivity contribution in [3.05, 3.63) is 48.0 Å². The van der Waals surface area contributed by atoms with Gasteiger partial charge in [-0.1, -0.05) is 6.07 Å². The first kappa shape index (κ1) is 21.6. The first-order chi connectivity index (χ1) is 15.6. The standard InChI is InChI=1S/C24H34N6O2/c1-27-14-21(13-26-27)16-29-18-22-17-28(15-20-4-2-6-25-12-20)7-3-5-24(22,19-29)23(31)30-8-10-32-11-9-30/h2,4,6,12-14,22H,3,5,7-11,15-19H2,1H3/t22-,24-/m0/s1. The third kappa shape index (κ3) is 4.44. The highest BCUT2D eigenvalue weighted by molar-refractivity contribution is 5.84. The molecule has 0 unspecified atom stereocenters. The average molecular weight is 439 g/mol. The van der Waals surface area contributed by atoms with E-state index in [-0.39, 0.29) is 5.41 Å². The van der Waals surface area contributed by atoms with E-state index < -0.39 is 0 Å². The van der Waals surface area contributed by atoms with Crippen LogP contribution in [0.1, 0.15) is 24.0 Å². The Morgan fingerprint density at radius 3 is 2.69 bits per heavy atom. The summed E-state index contributed by atoms with van der Waals surface area (Å²) in [7, 11) is 1.96. The Morgan fingerprint density at radius 1 is 1.12 bits per heavy atom. The smallest absolute Gasteiger partial charge is 0.230 e. The molecule has 0 spiro atoms. The summed E-state index contributed by atoms with van der Waals surface area (Å²) < 4.78 is 7.38. The highest BCUT2D eigenvalue weighted by Crippen LogP contribution is 2.45. The van der Waals surface area contributed by atoms with E-state index in [0.29, 0.717) is 25.0 Å². The van der Waals surface area contributed by atoms with Crippen molar-refractivity contribution in [1.29, 1.82) is 0 Å². The Labute approximate surface area is 190 Å². The maximum Gasteiger partial charge on any atom is 0.230 e. The number of morpholine rings is 1. The molecule has 5 heterocycles. The van der Waals surface area contributed by atoms with Crippen LogP contribution in [-0.2, 0) is 29.7 Å². The van der Waals surface area contributed by atoms with Crippen molar-refractivity contribution in [1.82, 2.24) is 29.5 Å². The number of aryl methyl sites for hydroxylation is 1. The van der Waals surface area contributed by atoms with E-state index in [1.807, 2.05) is 36.4 Å². The van der Waals surface area contributed by atoms with E-state index in [1.165, 1.54) is 11.1 Å². The number of hydrogen-bond donors (Lipinski definition) is 0. The molecule has 8 heteroatoms. The second kappa shape index (κ2) is 9.29. The molecule has 8 nitrogen and oxygen atoms in total. The third-order valence-electron chi connectivity index (χ3n) is 7.36. The van der Waals surface area contributed by atoms with Gasteiger partial charge in [0, 0.05) is 77.0 Å². The fraction of sp³-hybridized carbons (Fsp3) is 0.625. The van der Waals surface area contributed by atoms with Gasteiger partial charge in [-0.05, 0) is 36.9 Å². The van der Waals surface area contributed by atoms with Crippen molar-refractivity contribution in [2.24, 2.45) is 18.4 Å². The van der Waals surface area contributed by atoms with Gasteiger partial charge < -0.3 is 9.64 Å². The first-order valence-corrected chi connectivity index (χ1v) is 11.8. The van der Waals surface area contributed by atoms with Crippen molar-refractivity contribution >= 4 is 5.91 Å². The lowest BCUT2D eigenvalue weighted by atomic mass is 9.73. The quantitative estimate of drug-likeness (QED) is 0.703. The van der Waals surface area contributed by atoms with E-state index in [2.05, 4.69) is 37.0 Å². The predicted octanol–water partition coefficient (Wildman–Crippen LogP) is 1.39. The van der Waals surface area contributed by atoms with Crippen LogP contribution in [0.15, 0.2) is 36.9 Å². The molecule has 32 heavy (non-hydrogen) atoms. The Morgan fingerprint density at radius 2 is 1.94 bits per heavy atom. The number of carbonyl (C=O) groups excluding carboxylic acids is 1. The van der Waals surface area contributed by atoms with Crippen LogP contribution in [0.3, 0.4) is 0 Å². The molecule has 2 aromatic heterocycles. The monoisotopic (exact) mass is 438 g/mol. The number of likely N-dealkylation sites (tertiary alicyclic amines) is 2. The molecular weight excluding hydrogens is 404 g/mol. The van der Waals surface area contributed by atoms with Crippen LogP contribution < -0.4 is 0 Å². The van der Waals surface area contributed by atoms with Gasteiger partial charge in [0.2, 0.25) is 5.91 Å². The van der Waals surface area contributed by atoms with Crippen molar-refractivity contribution in [2.75, 3.05) is 52.5 Å². The number of ether oxygens (including phenoxy) is 1. The number of hydrogen-bond acceptors (Lipinski definition) is 6. The van der Waals surface area contributed by atoms with E-state index in [9.17, 15) is 4.79 Å². The van der Waals surface area contributed by atoms with Crippen molar-refractivity contribution in [3.63, 3.8) is 0 Å². The molecule has 3 aliphatic rings. The normalized spacial score (nSPS) is 27.3. The number of fused-ring (bicyclic) bond motifs is 1. The predicted molar refractivity (Wildman–Crippen MR) is 121 cm³/mol. The van der Waals surface area contributed by atoms with Gasteiger partial charge >= 0.3 is 0 Å². The van der Waals surface area contributed by atoms with Gasteiger partial charge in [-0.25, -0.2) is 0 Å². The van der Waals surface area contributed by atoms with Crippen LogP contribution in [0.4, 0.5) is 0 Å². The number of aromatic nitrogens is 3. The number of carbonyl (C=O) groups is 1. The van der Waals surface area contributed by atoms with Gasteiger partial charge in [-0.2, -0.15) is 5.10 Å². The number of pyridine rings is 1. The highest BCUT2D eigenvalue weighted by Gasteiger charge is 2.54. The van der Waals surface area contributed by atoms with Crippen LogP contribution in [0.5, 0.6) is 0 Å². The lowest BCUT2D eigenvalue weighted by Gasteiger charge is -2.39. The van der Waals surface area contributed by atoms with Gasteiger partial charge in [-0.3, -0.25) is 24.3 Å². The van der Waals surface area contributed by atoms with Gasteiger partial charge in [0.05, 0.1) is 24.8 Å². The van der Waals surface area contributed by atoms with Gasteiger partial charge in [0.1, 0.15) is 0 Å². The summed E-state index contributed by atoms with van der Waals surface area (Å²) in [6.07, 6.45) is 9.82. The maximum atomic E-state index is 14.0. The van der Waals surface area contributed by atoms with Gasteiger partial charge in [-0.15, -0.1) is 0 Å². The SMILES string of the molecule is Cn1cc(CN2C[C@@H]3CN(Cc4cccnc4)CCC[C@]3(C(=O)N3CCOCC3)C2)cn1. The summed E-state index contributed by atoms with van der Waals surface area (Å²) in [5.41, 5.74) is 2.15. The van der Waals surface area contributed by atoms with Crippen molar-refractivity contribution in [2.45, 2.75) is 25.9 Å². The topological polar surface area (TPSA) is 66.7 Å². The van der Waals surface area contributed by atoms with Crippen molar-refractivity contribution in [3.8, 4) is 0 Å². The zero-order chi connectivity index (χ0) is 22.0. The van der Waals surface area contributed by atoms with Crippen LogP contribution in [0, 0.1) is 11.3 Å². The van der Waals surface area contributed by atoms with Crippen LogP contribution in [0.2, 0.25) is 0 Å². The molecule has 172 valence electrons. The largest absolute Gasteiger partial charge is 0.378 e. The summed E-state index contributed by atoms with van der Waals surface area (Å²) in [5, 5.41) is 4.34. The molecule has 2 aromatic rings. The molecule has 0 radical (unpaired) electrons. The minimum Gasteiger partial charge on any atom is -0.378 e. The zero-order valence-electron chi connectivity index (χ0n) is 19.0. The maximum absolute atomic E-state index is 14.0. The van der Waals surface area contributed by atoms with E-state index in [4.69, 9.17) is 4.74 Å². The minimum absolute atomic E-state index is 0.302. The molecule has 0 saturated carbocycles. The molecule has 0 bridgehead atoms. The molecular formula is C24H34N6O2. The third-order valence-corrected chi connectivity index (χ3v) is 7.36. The number of rotatable bonds is 5. The highest BCUT2D eigenvalue weighted by atomic mass is 16.5. The summed E-state index contributed by atoms with van der Waals surface area (Å²) in [6, 6.07) is 4.15.